The minimum absolute atomic E-state index is 0.321. The zero-order valence-corrected chi connectivity index (χ0v) is 12.0. The van der Waals surface area contributed by atoms with Crippen LogP contribution >= 0.6 is 11.3 Å². The molecule has 0 fully saturated rings. The van der Waals surface area contributed by atoms with Crippen molar-refractivity contribution in [3.8, 4) is 0 Å². The SMILES string of the molecule is CCN(CC)CCCNc1nc(C)c(C(=O)O)s1. The van der Waals surface area contributed by atoms with Crippen molar-refractivity contribution in [2.75, 3.05) is 31.5 Å². The van der Waals surface area contributed by atoms with E-state index in [2.05, 4.69) is 29.0 Å². The fourth-order valence-electron chi connectivity index (χ4n) is 1.71. The molecule has 0 saturated heterocycles. The second-order valence-electron chi connectivity index (χ2n) is 4.05. The van der Waals surface area contributed by atoms with Crippen molar-refractivity contribution in [1.29, 1.82) is 0 Å². The van der Waals surface area contributed by atoms with Crippen LogP contribution in [0.3, 0.4) is 0 Å². The molecule has 0 radical (unpaired) electrons. The fraction of sp³-hybridized carbons (Fsp3) is 0.667. The van der Waals surface area contributed by atoms with Gasteiger partial charge in [0.25, 0.3) is 0 Å². The number of aromatic carboxylic acids is 1. The van der Waals surface area contributed by atoms with E-state index in [1.54, 1.807) is 6.92 Å². The van der Waals surface area contributed by atoms with Crippen molar-refractivity contribution in [3.05, 3.63) is 10.6 Å². The lowest BCUT2D eigenvalue weighted by atomic mass is 10.3. The van der Waals surface area contributed by atoms with Gasteiger partial charge in [-0.1, -0.05) is 25.2 Å². The highest BCUT2D eigenvalue weighted by Crippen LogP contribution is 2.22. The summed E-state index contributed by atoms with van der Waals surface area (Å²) in [6.07, 6.45) is 1.03. The van der Waals surface area contributed by atoms with Gasteiger partial charge in [0.15, 0.2) is 5.13 Å². The van der Waals surface area contributed by atoms with Crippen LogP contribution < -0.4 is 5.32 Å². The number of carboxylic acid groups (broad SMARTS) is 1. The van der Waals surface area contributed by atoms with Gasteiger partial charge in [-0.05, 0) is 33.0 Å². The van der Waals surface area contributed by atoms with E-state index < -0.39 is 5.97 Å². The Morgan fingerprint density at radius 3 is 2.61 bits per heavy atom. The van der Waals surface area contributed by atoms with Crippen LogP contribution in [0, 0.1) is 6.92 Å². The van der Waals surface area contributed by atoms with Crippen LogP contribution in [0.4, 0.5) is 5.13 Å². The topological polar surface area (TPSA) is 65.5 Å². The van der Waals surface area contributed by atoms with Gasteiger partial charge >= 0.3 is 5.97 Å². The first-order valence-corrected chi connectivity index (χ1v) is 7.07. The minimum Gasteiger partial charge on any atom is -0.477 e. The molecule has 0 unspecified atom stereocenters. The van der Waals surface area contributed by atoms with Crippen molar-refractivity contribution in [1.82, 2.24) is 9.88 Å². The second kappa shape index (κ2) is 7.33. The maximum absolute atomic E-state index is 10.9. The number of carbonyl (C=O) groups is 1. The van der Waals surface area contributed by atoms with Crippen LogP contribution in [0.1, 0.15) is 35.6 Å². The van der Waals surface area contributed by atoms with Crippen LogP contribution in [-0.2, 0) is 0 Å². The van der Waals surface area contributed by atoms with E-state index in [4.69, 9.17) is 5.11 Å². The molecule has 0 aromatic carbocycles. The molecule has 0 aliphatic carbocycles. The Labute approximate surface area is 112 Å². The molecule has 1 rings (SSSR count). The first-order chi connectivity index (χ1) is 8.58. The summed E-state index contributed by atoms with van der Waals surface area (Å²) in [5, 5.41) is 12.8. The predicted octanol–water partition coefficient (Wildman–Crippen LogP) is 2.29. The van der Waals surface area contributed by atoms with E-state index in [0.717, 1.165) is 32.6 Å². The van der Waals surface area contributed by atoms with Crippen LogP contribution in [0.5, 0.6) is 0 Å². The van der Waals surface area contributed by atoms with Gasteiger partial charge in [0.1, 0.15) is 4.88 Å². The number of nitrogens with one attached hydrogen (secondary N) is 1. The average molecular weight is 271 g/mol. The summed E-state index contributed by atoms with van der Waals surface area (Å²) in [6, 6.07) is 0. The van der Waals surface area contributed by atoms with Crippen LogP contribution in [-0.4, -0.2) is 47.1 Å². The highest BCUT2D eigenvalue weighted by molar-refractivity contribution is 7.17. The summed E-state index contributed by atoms with van der Waals surface area (Å²) in [6.45, 7) is 10.0. The summed E-state index contributed by atoms with van der Waals surface area (Å²) in [5.74, 6) is -0.902. The standard InChI is InChI=1S/C12H21N3O2S/c1-4-15(5-2)8-6-7-13-12-14-9(3)10(18-12)11(16)17/h4-8H2,1-3H3,(H,13,14)(H,16,17). The normalized spacial score (nSPS) is 10.9. The maximum Gasteiger partial charge on any atom is 0.347 e. The monoisotopic (exact) mass is 271 g/mol. The number of anilines is 1. The third kappa shape index (κ3) is 4.27. The van der Waals surface area contributed by atoms with Crippen molar-refractivity contribution in [2.45, 2.75) is 27.2 Å². The number of aromatic nitrogens is 1. The summed E-state index contributed by atoms with van der Waals surface area (Å²) in [5.41, 5.74) is 0.582. The molecule has 2 N–H and O–H groups in total. The first kappa shape index (κ1) is 14.9. The third-order valence-electron chi connectivity index (χ3n) is 2.81. The molecule has 0 amide bonds. The minimum atomic E-state index is -0.902. The Hall–Kier alpha value is -1.14. The Morgan fingerprint density at radius 2 is 2.11 bits per heavy atom. The molecule has 102 valence electrons. The van der Waals surface area contributed by atoms with E-state index in [0.29, 0.717) is 15.7 Å². The number of hydrogen-bond donors (Lipinski definition) is 2. The zero-order valence-electron chi connectivity index (χ0n) is 11.2. The molecule has 0 aliphatic heterocycles. The molecular weight excluding hydrogens is 250 g/mol. The third-order valence-corrected chi connectivity index (χ3v) is 3.92. The zero-order chi connectivity index (χ0) is 13.5. The summed E-state index contributed by atoms with van der Waals surface area (Å²) in [4.78, 5) is 17.7. The van der Waals surface area contributed by atoms with Gasteiger partial charge in [-0.25, -0.2) is 9.78 Å². The van der Waals surface area contributed by atoms with E-state index in [1.807, 2.05) is 0 Å². The Morgan fingerprint density at radius 1 is 1.44 bits per heavy atom. The molecule has 0 bridgehead atoms. The van der Waals surface area contributed by atoms with Gasteiger partial charge in [-0.3, -0.25) is 0 Å². The Bertz CT molecular complexity index is 389. The second-order valence-corrected chi connectivity index (χ2v) is 5.04. The van der Waals surface area contributed by atoms with Gasteiger partial charge in [-0.2, -0.15) is 0 Å². The number of aryl methyl sites for hydroxylation is 1. The molecule has 0 saturated carbocycles. The molecule has 1 aromatic heterocycles. The van der Waals surface area contributed by atoms with Gasteiger partial charge < -0.3 is 15.3 Å². The molecule has 0 aliphatic rings. The van der Waals surface area contributed by atoms with E-state index in [-0.39, 0.29) is 0 Å². The van der Waals surface area contributed by atoms with Gasteiger partial charge in [0.2, 0.25) is 0 Å². The van der Waals surface area contributed by atoms with Crippen molar-refractivity contribution >= 4 is 22.4 Å². The first-order valence-electron chi connectivity index (χ1n) is 6.25. The fourth-order valence-corrected chi connectivity index (χ4v) is 2.54. The molecule has 0 atom stereocenters. The number of carboxylic acids is 1. The maximum atomic E-state index is 10.9. The Balaban J connectivity index is 2.36. The molecule has 1 aromatic rings. The number of nitrogens with zero attached hydrogens (tertiary/aromatic N) is 2. The number of thiazole rings is 1. The summed E-state index contributed by atoms with van der Waals surface area (Å²) >= 11 is 1.20. The lowest BCUT2D eigenvalue weighted by Gasteiger charge is -2.17. The van der Waals surface area contributed by atoms with Crippen LogP contribution in [0.25, 0.3) is 0 Å². The lowest BCUT2D eigenvalue weighted by Crippen LogP contribution is -2.25. The van der Waals surface area contributed by atoms with Crippen molar-refractivity contribution in [2.24, 2.45) is 0 Å². The van der Waals surface area contributed by atoms with E-state index >= 15 is 0 Å². The van der Waals surface area contributed by atoms with Gasteiger partial charge in [-0.15, -0.1) is 0 Å². The smallest absolute Gasteiger partial charge is 0.347 e. The van der Waals surface area contributed by atoms with Gasteiger partial charge in [0, 0.05) is 6.54 Å². The Kier molecular flexibility index (Phi) is 6.07. The predicted molar refractivity (Wildman–Crippen MR) is 74.7 cm³/mol. The largest absolute Gasteiger partial charge is 0.477 e. The van der Waals surface area contributed by atoms with E-state index in [1.165, 1.54) is 11.3 Å². The summed E-state index contributed by atoms with van der Waals surface area (Å²) < 4.78 is 0. The quantitative estimate of drug-likeness (QED) is 0.710. The lowest BCUT2D eigenvalue weighted by molar-refractivity contribution is 0.0701. The molecule has 1 heterocycles. The molecule has 18 heavy (non-hydrogen) atoms. The average Bonchev–Trinajstić information content (AvgIpc) is 2.71. The number of hydrogen-bond acceptors (Lipinski definition) is 5. The highest BCUT2D eigenvalue weighted by Gasteiger charge is 2.13. The highest BCUT2D eigenvalue weighted by atomic mass is 32.1. The molecule has 0 spiro atoms. The number of rotatable bonds is 8. The molecule has 6 heteroatoms. The molecular formula is C12H21N3O2S. The van der Waals surface area contributed by atoms with E-state index in [9.17, 15) is 4.79 Å². The van der Waals surface area contributed by atoms with Crippen LogP contribution in [0.2, 0.25) is 0 Å². The van der Waals surface area contributed by atoms with Crippen LogP contribution in [0.15, 0.2) is 0 Å². The van der Waals surface area contributed by atoms with Crippen molar-refractivity contribution in [3.63, 3.8) is 0 Å². The summed E-state index contributed by atoms with van der Waals surface area (Å²) in [7, 11) is 0. The molecule has 5 nitrogen and oxygen atoms in total. The van der Waals surface area contributed by atoms with Crippen molar-refractivity contribution < 1.29 is 9.90 Å². The van der Waals surface area contributed by atoms with Gasteiger partial charge in [0.05, 0.1) is 5.69 Å².